The summed E-state index contributed by atoms with van der Waals surface area (Å²) in [5, 5.41) is 4.58. The van der Waals surface area contributed by atoms with Crippen LogP contribution in [0.3, 0.4) is 0 Å². The van der Waals surface area contributed by atoms with E-state index >= 15 is 0 Å². The Morgan fingerprint density at radius 1 is 1.23 bits per heavy atom. The number of anilines is 1. The van der Waals surface area contributed by atoms with E-state index in [1.54, 1.807) is 23.0 Å². The van der Waals surface area contributed by atoms with Crippen molar-refractivity contribution < 1.29 is 22.6 Å². The van der Waals surface area contributed by atoms with Crippen molar-refractivity contribution in [1.29, 1.82) is 0 Å². The number of nitrogen functional groups attached to an aromatic ring is 1. The van der Waals surface area contributed by atoms with Gasteiger partial charge < -0.3 is 15.2 Å². The van der Waals surface area contributed by atoms with Gasteiger partial charge in [0.25, 0.3) is 0 Å². The van der Waals surface area contributed by atoms with Gasteiger partial charge in [-0.2, -0.15) is 18.3 Å². The van der Waals surface area contributed by atoms with Crippen molar-refractivity contribution in [3.63, 3.8) is 0 Å². The number of methoxy groups -OCH3 is 1. The molecule has 0 saturated carbocycles. The van der Waals surface area contributed by atoms with Crippen LogP contribution < -0.4 is 10.5 Å². The summed E-state index contributed by atoms with van der Waals surface area (Å²) in [6.45, 7) is 2.25. The number of hydrogen-bond donors (Lipinski definition) is 1. The van der Waals surface area contributed by atoms with E-state index in [9.17, 15) is 13.2 Å². The van der Waals surface area contributed by atoms with Crippen LogP contribution in [0.2, 0.25) is 0 Å². The van der Waals surface area contributed by atoms with E-state index in [0.29, 0.717) is 35.8 Å². The smallest absolute Gasteiger partial charge is 0.419 e. The van der Waals surface area contributed by atoms with Crippen LogP contribution in [0.25, 0.3) is 5.69 Å². The molecule has 0 bridgehead atoms. The van der Waals surface area contributed by atoms with Crippen LogP contribution >= 0.6 is 0 Å². The highest BCUT2D eigenvalue weighted by molar-refractivity contribution is 5.51. The van der Waals surface area contributed by atoms with Gasteiger partial charge >= 0.3 is 6.18 Å². The van der Waals surface area contributed by atoms with Gasteiger partial charge in [-0.1, -0.05) is 5.92 Å². The number of fused-ring (bicyclic) bond motifs is 1. The topological polar surface area (TPSA) is 75.2 Å². The maximum absolute atomic E-state index is 13.2. The zero-order valence-electron chi connectivity index (χ0n) is 16.8. The summed E-state index contributed by atoms with van der Waals surface area (Å²) in [6, 6.07) is 7.10. The van der Waals surface area contributed by atoms with Crippen molar-refractivity contribution in [1.82, 2.24) is 14.8 Å². The molecule has 2 aromatic heterocycles. The number of halogens is 3. The third-order valence-corrected chi connectivity index (χ3v) is 4.93. The summed E-state index contributed by atoms with van der Waals surface area (Å²) in [5.41, 5.74) is 8.03. The van der Waals surface area contributed by atoms with Crippen molar-refractivity contribution in [3.05, 3.63) is 64.6 Å². The van der Waals surface area contributed by atoms with Crippen molar-refractivity contribution in [2.24, 2.45) is 0 Å². The zero-order valence-corrected chi connectivity index (χ0v) is 16.8. The Kier molecular flexibility index (Phi) is 5.33. The number of nitrogens with zero attached hydrogens (tertiary/aromatic N) is 3. The molecule has 160 valence electrons. The minimum atomic E-state index is -4.51. The van der Waals surface area contributed by atoms with Gasteiger partial charge in [0.1, 0.15) is 17.3 Å². The van der Waals surface area contributed by atoms with Crippen molar-refractivity contribution in [2.45, 2.75) is 32.2 Å². The first-order chi connectivity index (χ1) is 14.8. The van der Waals surface area contributed by atoms with Gasteiger partial charge in [0.15, 0.2) is 0 Å². The number of pyridine rings is 1. The van der Waals surface area contributed by atoms with Gasteiger partial charge in [0.2, 0.25) is 0 Å². The Bertz CT molecular complexity index is 1170. The van der Waals surface area contributed by atoms with E-state index < -0.39 is 11.7 Å². The average Bonchev–Trinajstić information content (AvgIpc) is 3.10. The molecule has 1 atom stereocenters. The number of hydrogen-bond acceptors (Lipinski definition) is 5. The van der Waals surface area contributed by atoms with Gasteiger partial charge in [0.05, 0.1) is 36.8 Å². The van der Waals surface area contributed by atoms with Crippen molar-refractivity contribution in [3.8, 4) is 23.3 Å². The second-order valence-corrected chi connectivity index (χ2v) is 7.12. The van der Waals surface area contributed by atoms with Gasteiger partial charge in [-0.05, 0) is 37.1 Å². The molecule has 3 aromatic rings. The first-order valence-electron chi connectivity index (χ1n) is 9.48. The molecule has 1 aromatic carbocycles. The Hall–Kier alpha value is -3.51. The normalized spacial score (nSPS) is 15.7. The molecule has 0 aliphatic carbocycles. The maximum atomic E-state index is 13.2. The predicted molar refractivity (Wildman–Crippen MR) is 108 cm³/mol. The van der Waals surface area contributed by atoms with Crippen molar-refractivity contribution in [2.75, 3.05) is 12.8 Å². The molecule has 0 spiro atoms. The standard InChI is InChI=1S/C22H19F3N4O2/c1-13-9-19-16(12-31-13)18(7-3-14-4-8-21(26)27-11-14)28-29(19)15-5-6-17(22(23,24)25)20(10-15)30-2/h4-6,8,10-11,13H,9,12H2,1-2H3,(H2,26,27)/t13-/m0/s1. The van der Waals surface area contributed by atoms with E-state index in [0.717, 1.165) is 17.3 Å². The lowest BCUT2D eigenvalue weighted by Crippen LogP contribution is -2.21. The fraction of sp³-hybridized carbons (Fsp3) is 0.273. The number of nitrogens with two attached hydrogens (primary N) is 1. The third-order valence-electron chi connectivity index (χ3n) is 4.93. The van der Waals surface area contributed by atoms with Gasteiger partial charge in [-0.3, -0.25) is 0 Å². The molecule has 4 rings (SSSR count). The number of benzene rings is 1. The third kappa shape index (κ3) is 4.20. The first kappa shape index (κ1) is 20.8. The number of rotatable bonds is 2. The Labute approximate surface area is 176 Å². The molecule has 0 radical (unpaired) electrons. The molecule has 0 unspecified atom stereocenters. The Morgan fingerprint density at radius 2 is 2.03 bits per heavy atom. The maximum Gasteiger partial charge on any atom is 0.419 e. The molecule has 0 amide bonds. The van der Waals surface area contributed by atoms with Crippen molar-refractivity contribution >= 4 is 5.82 Å². The Morgan fingerprint density at radius 3 is 2.71 bits per heavy atom. The molecular formula is C22H19F3N4O2. The SMILES string of the molecule is COc1cc(-n2nc(C#Cc3ccc(N)nc3)c3c2C[C@H](C)OC3)ccc1C(F)(F)F. The average molecular weight is 428 g/mol. The van der Waals surface area contributed by atoms with E-state index in [4.69, 9.17) is 15.2 Å². The summed E-state index contributed by atoms with van der Waals surface area (Å²) < 4.78 is 52.1. The summed E-state index contributed by atoms with van der Waals surface area (Å²) in [7, 11) is 1.21. The summed E-state index contributed by atoms with van der Waals surface area (Å²) in [4.78, 5) is 4.01. The Balaban J connectivity index is 1.80. The fourth-order valence-corrected chi connectivity index (χ4v) is 3.37. The quantitative estimate of drug-likeness (QED) is 0.630. The monoisotopic (exact) mass is 428 g/mol. The van der Waals surface area contributed by atoms with Gasteiger partial charge in [-0.25, -0.2) is 9.67 Å². The van der Waals surface area contributed by atoms with Crippen LogP contribution in [0.4, 0.5) is 19.0 Å². The van der Waals surface area contributed by atoms with E-state index in [1.807, 2.05) is 6.92 Å². The van der Waals surface area contributed by atoms with E-state index in [2.05, 4.69) is 21.9 Å². The molecule has 31 heavy (non-hydrogen) atoms. The fourth-order valence-electron chi connectivity index (χ4n) is 3.37. The highest BCUT2D eigenvalue weighted by Crippen LogP contribution is 2.37. The summed E-state index contributed by atoms with van der Waals surface area (Å²) in [5.74, 6) is 6.14. The zero-order chi connectivity index (χ0) is 22.2. The lowest BCUT2D eigenvalue weighted by Gasteiger charge is -2.21. The lowest BCUT2D eigenvalue weighted by molar-refractivity contribution is -0.138. The van der Waals surface area contributed by atoms with Gasteiger partial charge in [-0.15, -0.1) is 0 Å². The minimum Gasteiger partial charge on any atom is -0.496 e. The summed E-state index contributed by atoms with van der Waals surface area (Å²) >= 11 is 0. The predicted octanol–water partition coefficient (Wildman–Crippen LogP) is 3.74. The molecule has 9 heteroatoms. The van der Waals surface area contributed by atoms with Crippen LogP contribution in [0, 0.1) is 11.8 Å². The number of alkyl halides is 3. The van der Waals surface area contributed by atoms with Crippen LogP contribution in [-0.4, -0.2) is 28.0 Å². The molecule has 1 aliphatic heterocycles. The molecule has 1 aliphatic rings. The minimum absolute atomic E-state index is 0.0543. The molecule has 2 N–H and O–H groups in total. The van der Waals surface area contributed by atoms with Crippen LogP contribution in [-0.2, 0) is 23.9 Å². The number of aromatic nitrogens is 3. The molecule has 0 saturated heterocycles. The lowest BCUT2D eigenvalue weighted by atomic mass is 10.0. The van der Waals surface area contributed by atoms with Crippen LogP contribution in [0.15, 0.2) is 36.5 Å². The molecule has 0 fully saturated rings. The van der Waals surface area contributed by atoms with Crippen LogP contribution in [0.1, 0.15) is 35.0 Å². The van der Waals surface area contributed by atoms with Crippen LogP contribution in [0.5, 0.6) is 5.75 Å². The largest absolute Gasteiger partial charge is 0.496 e. The highest BCUT2D eigenvalue weighted by atomic mass is 19.4. The second-order valence-electron chi connectivity index (χ2n) is 7.12. The summed E-state index contributed by atoms with van der Waals surface area (Å²) in [6.07, 6.45) is -2.46. The van der Waals surface area contributed by atoms with Gasteiger partial charge in [0, 0.05) is 29.8 Å². The molecule has 6 nitrogen and oxygen atoms in total. The van der Waals surface area contributed by atoms with E-state index in [-0.39, 0.29) is 11.9 Å². The molecular weight excluding hydrogens is 409 g/mol. The first-order valence-corrected chi connectivity index (χ1v) is 9.48. The molecule has 3 heterocycles. The highest BCUT2D eigenvalue weighted by Gasteiger charge is 2.35. The number of ether oxygens (including phenoxy) is 2. The van der Waals surface area contributed by atoms with E-state index in [1.165, 1.54) is 19.2 Å². The second kappa shape index (κ2) is 7.96.